The lowest BCUT2D eigenvalue weighted by molar-refractivity contribution is 0.0629. The van der Waals surface area contributed by atoms with Crippen LogP contribution in [0.25, 0.3) is 10.9 Å². The van der Waals surface area contributed by atoms with Crippen molar-refractivity contribution in [3.8, 4) is 5.75 Å². The van der Waals surface area contributed by atoms with Crippen molar-refractivity contribution >= 4 is 16.8 Å². The van der Waals surface area contributed by atoms with Gasteiger partial charge in [0.2, 0.25) is 0 Å². The summed E-state index contributed by atoms with van der Waals surface area (Å²) < 4.78 is 5.77. The zero-order valence-corrected chi connectivity index (χ0v) is 17.2. The van der Waals surface area contributed by atoms with E-state index in [9.17, 15) is 4.79 Å². The van der Waals surface area contributed by atoms with Crippen LogP contribution in [0.1, 0.15) is 28.8 Å². The van der Waals surface area contributed by atoms with E-state index in [2.05, 4.69) is 34.1 Å². The Balaban J connectivity index is 1.16. The molecule has 0 N–H and O–H groups in total. The zero-order chi connectivity index (χ0) is 20.3. The number of carbonyl (C=O) groups is 1. The number of piperazine rings is 1. The summed E-state index contributed by atoms with van der Waals surface area (Å²) in [5.41, 5.74) is 3.05. The Bertz CT molecular complexity index is 1020. The molecule has 1 aliphatic heterocycles. The Morgan fingerprint density at radius 1 is 0.967 bits per heavy atom. The van der Waals surface area contributed by atoms with E-state index >= 15 is 0 Å². The number of amides is 1. The summed E-state index contributed by atoms with van der Waals surface area (Å²) in [6.45, 7) is 4.90. The minimum atomic E-state index is 0.107. The molecule has 1 saturated heterocycles. The van der Waals surface area contributed by atoms with E-state index in [4.69, 9.17) is 4.74 Å². The SMILES string of the molecule is O=C(c1ccc(OCC2CC2)cc1)N1CCN(Cc2cccc3cccnc23)CC1. The van der Waals surface area contributed by atoms with Crippen LogP contribution in [-0.4, -0.2) is 53.5 Å². The van der Waals surface area contributed by atoms with Crippen molar-refractivity contribution in [1.82, 2.24) is 14.8 Å². The highest BCUT2D eigenvalue weighted by Gasteiger charge is 2.23. The molecule has 5 rings (SSSR count). The molecule has 2 aromatic carbocycles. The number of ether oxygens (including phenoxy) is 1. The third-order valence-corrected chi connectivity index (χ3v) is 6.05. The van der Waals surface area contributed by atoms with Gasteiger partial charge in [-0.1, -0.05) is 24.3 Å². The fraction of sp³-hybridized carbons (Fsp3) is 0.360. The summed E-state index contributed by atoms with van der Waals surface area (Å²) in [5, 5.41) is 1.17. The molecular formula is C25H27N3O2. The van der Waals surface area contributed by atoms with Crippen LogP contribution in [0.15, 0.2) is 60.8 Å². The monoisotopic (exact) mass is 401 g/mol. The topological polar surface area (TPSA) is 45.7 Å². The molecule has 2 aliphatic rings. The van der Waals surface area contributed by atoms with Crippen LogP contribution in [0.2, 0.25) is 0 Å². The van der Waals surface area contributed by atoms with Crippen molar-refractivity contribution in [3.05, 3.63) is 71.9 Å². The van der Waals surface area contributed by atoms with E-state index in [0.717, 1.165) is 62.1 Å². The van der Waals surface area contributed by atoms with Gasteiger partial charge < -0.3 is 9.64 Å². The molecule has 5 nitrogen and oxygen atoms in total. The van der Waals surface area contributed by atoms with Crippen molar-refractivity contribution < 1.29 is 9.53 Å². The van der Waals surface area contributed by atoms with Gasteiger partial charge in [0.15, 0.2) is 0 Å². The van der Waals surface area contributed by atoms with E-state index in [1.165, 1.54) is 23.8 Å². The standard InChI is InChI=1S/C25H27N3O2/c29-25(21-8-10-23(11-9-21)30-18-19-6-7-19)28-15-13-27(14-16-28)17-22-4-1-3-20-5-2-12-26-24(20)22/h1-5,8-12,19H,6-7,13-18H2. The Kier molecular flexibility index (Phi) is 5.37. The second-order valence-corrected chi connectivity index (χ2v) is 8.34. The quantitative estimate of drug-likeness (QED) is 0.627. The first kappa shape index (κ1) is 19.1. The van der Waals surface area contributed by atoms with Crippen molar-refractivity contribution in [3.63, 3.8) is 0 Å². The molecule has 0 radical (unpaired) electrons. The smallest absolute Gasteiger partial charge is 0.253 e. The van der Waals surface area contributed by atoms with Crippen LogP contribution < -0.4 is 4.74 Å². The fourth-order valence-corrected chi connectivity index (χ4v) is 4.02. The molecule has 154 valence electrons. The normalized spacial score (nSPS) is 17.3. The largest absolute Gasteiger partial charge is 0.493 e. The Labute approximate surface area is 177 Å². The molecule has 1 aromatic heterocycles. The highest BCUT2D eigenvalue weighted by Crippen LogP contribution is 2.29. The molecule has 0 unspecified atom stereocenters. The summed E-state index contributed by atoms with van der Waals surface area (Å²) in [7, 11) is 0. The molecule has 30 heavy (non-hydrogen) atoms. The molecule has 2 heterocycles. The third-order valence-electron chi connectivity index (χ3n) is 6.05. The molecule has 0 atom stereocenters. The van der Waals surface area contributed by atoms with Crippen LogP contribution in [0.3, 0.4) is 0 Å². The van der Waals surface area contributed by atoms with Crippen molar-refractivity contribution in [2.75, 3.05) is 32.8 Å². The second kappa shape index (κ2) is 8.44. The third kappa shape index (κ3) is 4.31. The van der Waals surface area contributed by atoms with E-state index in [-0.39, 0.29) is 5.91 Å². The number of aromatic nitrogens is 1. The second-order valence-electron chi connectivity index (χ2n) is 8.34. The maximum absolute atomic E-state index is 12.9. The molecule has 5 heteroatoms. The summed E-state index contributed by atoms with van der Waals surface area (Å²) in [6.07, 6.45) is 4.41. The zero-order valence-electron chi connectivity index (χ0n) is 17.2. The number of hydrogen-bond acceptors (Lipinski definition) is 4. The lowest BCUT2D eigenvalue weighted by Gasteiger charge is -2.35. The number of para-hydroxylation sites is 1. The molecular weight excluding hydrogens is 374 g/mol. The summed E-state index contributed by atoms with van der Waals surface area (Å²) in [5.74, 6) is 1.69. The Hall–Kier alpha value is -2.92. The van der Waals surface area contributed by atoms with Gasteiger partial charge in [-0.05, 0) is 54.7 Å². The van der Waals surface area contributed by atoms with E-state index in [0.29, 0.717) is 0 Å². The van der Waals surface area contributed by atoms with E-state index < -0.39 is 0 Å². The first-order chi connectivity index (χ1) is 14.8. The van der Waals surface area contributed by atoms with Gasteiger partial charge in [-0.2, -0.15) is 0 Å². The minimum absolute atomic E-state index is 0.107. The summed E-state index contributed by atoms with van der Waals surface area (Å²) in [4.78, 5) is 21.8. The molecule has 1 saturated carbocycles. The van der Waals surface area contributed by atoms with Gasteiger partial charge >= 0.3 is 0 Å². The molecule has 3 aromatic rings. The van der Waals surface area contributed by atoms with Gasteiger partial charge in [0, 0.05) is 49.9 Å². The van der Waals surface area contributed by atoms with E-state index in [1.807, 2.05) is 41.4 Å². The number of rotatable bonds is 6. The number of benzene rings is 2. The fourth-order valence-electron chi connectivity index (χ4n) is 4.02. The number of carbonyl (C=O) groups excluding carboxylic acids is 1. The number of fused-ring (bicyclic) bond motifs is 1. The van der Waals surface area contributed by atoms with Crippen molar-refractivity contribution in [2.24, 2.45) is 5.92 Å². The summed E-state index contributed by atoms with van der Waals surface area (Å²) >= 11 is 0. The molecule has 1 amide bonds. The average molecular weight is 402 g/mol. The molecule has 1 aliphatic carbocycles. The van der Waals surface area contributed by atoms with Gasteiger partial charge in [-0.25, -0.2) is 0 Å². The molecule has 0 spiro atoms. The van der Waals surface area contributed by atoms with Crippen LogP contribution in [0, 0.1) is 5.92 Å². The number of nitrogens with zero attached hydrogens (tertiary/aromatic N) is 3. The van der Waals surface area contributed by atoms with E-state index in [1.54, 1.807) is 0 Å². The highest BCUT2D eigenvalue weighted by molar-refractivity contribution is 5.94. The molecule has 2 fully saturated rings. The number of pyridine rings is 1. The Morgan fingerprint density at radius 3 is 2.50 bits per heavy atom. The van der Waals surface area contributed by atoms with Gasteiger partial charge in [0.1, 0.15) is 5.75 Å². The predicted molar refractivity (Wildman–Crippen MR) is 118 cm³/mol. The Morgan fingerprint density at radius 2 is 1.73 bits per heavy atom. The van der Waals surface area contributed by atoms with Crippen molar-refractivity contribution in [2.45, 2.75) is 19.4 Å². The first-order valence-electron chi connectivity index (χ1n) is 10.8. The lowest BCUT2D eigenvalue weighted by Crippen LogP contribution is -2.48. The van der Waals surface area contributed by atoms with Gasteiger partial charge in [-0.3, -0.25) is 14.7 Å². The number of hydrogen-bond donors (Lipinski definition) is 0. The van der Waals surface area contributed by atoms with Crippen LogP contribution in [-0.2, 0) is 6.54 Å². The minimum Gasteiger partial charge on any atom is -0.493 e. The van der Waals surface area contributed by atoms with Gasteiger partial charge in [-0.15, -0.1) is 0 Å². The lowest BCUT2D eigenvalue weighted by atomic mass is 10.1. The maximum atomic E-state index is 12.9. The van der Waals surface area contributed by atoms with Crippen LogP contribution >= 0.6 is 0 Å². The van der Waals surface area contributed by atoms with Gasteiger partial charge in [0.05, 0.1) is 12.1 Å². The first-order valence-corrected chi connectivity index (χ1v) is 10.8. The van der Waals surface area contributed by atoms with Gasteiger partial charge in [0.25, 0.3) is 5.91 Å². The van der Waals surface area contributed by atoms with Crippen LogP contribution in [0.4, 0.5) is 0 Å². The average Bonchev–Trinajstić information content (AvgIpc) is 3.63. The molecule has 0 bridgehead atoms. The predicted octanol–water partition coefficient (Wildman–Crippen LogP) is 3.98. The van der Waals surface area contributed by atoms with Crippen molar-refractivity contribution in [1.29, 1.82) is 0 Å². The van der Waals surface area contributed by atoms with Crippen LogP contribution in [0.5, 0.6) is 5.75 Å². The maximum Gasteiger partial charge on any atom is 0.253 e. The highest BCUT2D eigenvalue weighted by atomic mass is 16.5. The summed E-state index contributed by atoms with van der Waals surface area (Å²) in [6, 6.07) is 18.0.